The molecule has 0 radical (unpaired) electrons. The van der Waals surface area contributed by atoms with Crippen molar-refractivity contribution in [3.8, 4) is 0 Å². The molecular weight excluding hydrogens is 359 g/mol. The fraction of sp³-hybridized carbons (Fsp3) is 0.182. The van der Waals surface area contributed by atoms with Crippen molar-refractivity contribution in [3.63, 3.8) is 0 Å². The van der Waals surface area contributed by atoms with Gasteiger partial charge in [-0.1, -0.05) is 91.0 Å². The largest absolute Gasteiger partial charge is 0.790 e. The third-order valence-corrected chi connectivity index (χ3v) is 5.02. The molecule has 0 aliphatic carbocycles. The molecule has 0 saturated carbocycles. The summed E-state index contributed by atoms with van der Waals surface area (Å²) in [4.78, 5) is 23.3. The van der Waals surface area contributed by atoms with E-state index in [1.165, 1.54) is 0 Å². The zero-order valence-corrected chi connectivity index (χ0v) is 15.8. The molecule has 0 aromatic heterocycles. The molecule has 140 valence electrons. The van der Waals surface area contributed by atoms with E-state index in [4.69, 9.17) is 4.52 Å². The van der Waals surface area contributed by atoms with Gasteiger partial charge in [0.2, 0.25) is 0 Å². The predicted molar refractivity (Wildman–Crippen MR) is 102 cm³/mol. The molecule has 5 heteroatoms. The van der Waals surface area contributed by atoms with Crippen LogP contribution in [0.4, 0.5) is 0 Å². The normalized spacial score (nSPS) is 12.1. The Morgan fingerprint density at radius 1 is 0.630 bits per heavy atom. The van der Waals surface area contributed by atoms with Gasteiger partial charge in [0.1, 0.15) is 0 Å². The zero-order valence-electron chi connectivity index (χ0n) is 14.9. The van der Waals surface area contributed by atoms with Crippen LogP contribution in [-0.4, -0.2) is 5.60 Å². The topological polar surface area (TPSA) is 72.4 Å². The second-order valence-corrected chi connectivity index (χ2v) is 7.79. The average Bonchev–Trinajstić information content (AvgIpc) is 2.62. The highest BCUT2D eigenvalue weighted by atomic mass is 31.2. The van der Waals surface area contributed by atoms with Gasteiger partial charge in [-0.3, -0.25) is 0 Å². The number of hydrogen-bond donors (Lipinski definition) is 0. The Morgan fingerprint density at radius 2 is 0.926 bits per heavy atom. The lowest BCUT2D eigenvalue weighted by molar-refractivity contribution is -0.349. The molecule has 0 spiro atoms. The van der Waals surface area contributed by atoms with Crippen LogP contribution in [0.2, 0.25) is 0 Å². The molecule has 0 heterocycles. The smallest absolute Gasteiger partial charge is 0.0854 e. The SMILES string of the molecule is O=P([O-])([O-])OC(Cc1ccccc1)(Cc1ccccc1)Cc1ccccc1. The first-order valence-corrected chi connectivity index (χ1v) is 10.2. The fourth-order valence-corrected chi connectivity index (χ4v) is 4.09. The van der Waals surface area contributed by atoms with Crippen LogP contribution in [0.1, 0.15) is 16.7 Å². The van der Waals surface area contributed by atoms with Crippen molar-refractivity contribution in [2.75, 3.05) is 0 Å². The third-order valence-electron chi connectivity index (χ3n) is 4.41. The molecule has 27 heavy (non-hydrogen) atoms. The van der Waals surface area contributed by atoms with Crippen LogP contribution >= 0.6 is 7.82 Å². The Balaban J connectivity index is 2.02. The van der Waals surface area contributed by atoms with Crippen LogP contribution in [-0.2, 0) is 28.4 Å². The van der Waals surface area contributed by atoms with E-state index >= 15 is 0 Å². The van der Waals surface area contributed by atoms with Crippen LogP contribution in [0.5, 0.6) is 0 Å². The summed E-state index contributed by atoms with van der Waals surface area (Å²) >= 11 is 0. The van der Waals surface area contributed by atoms with Crippen molar-refractivity contribution in [2.24, 2.45) is 0 Å². The van der Waals surface area contributed by atoms with Gasteiger partial charge in [-0.2, -0.15) is 0 Å². The standard InChI is InChI=1S/C22H23O4P/c23-27(24,25)26-22(16-19-10-4-1-5-11-19,17-20-12-6-2-7-13-20)18-21-14-8-3-9-15-21/h1-15H,16-18H2,(H2,23,24,25)/p-2. The van der Waals surface area contributed by atoms with Crippen LogP contribution in [0.15, 0.2) is 91.0 Å². The molecular formula is C22H21O4P-2. The molecule has 0 bridgehead atoms. The second kappa shape index (κ2) is 8.64. The molecule has 0 amide bonds. The maximum absolute atomic E-state index is 11.7. The lowest BCUT2D eigenvalue weighted by atomic mass is 9.83. The summed E-state index contributed by atoms with van der Waals surface area (Å²) in [5.41, 5.74) is 1.55. The minimum absolute atomic E-state index is 0.312. The van der Waals surface area contributed by atoms with Gasteiger partial charge in [0.25, 0.3) is 0 Å². The van der Waals surface area contributed by atoms with Gasteiger partial charge in [0.15, 0.2) is 0 Å². The highest BCUT2D eigenvalue weighted by Gasteiger charge is 2.33. The third kappa shape index (κ3) is 6.16. The van der Waals surface area contributed by atoms with Gasteiger partial charge in [0.05, 0.1) is 13.4 Å². The molecule has 3 rings (SSSR count). The molecule has 0 aliphatic rings. The molecule has 0 unspecified atom stereocenters. The Hall–Kier alpha value is -2.23. The van der Waals surface area contributed by atoms with Crippen LogP contribution in [0, 0.1) is 0 Å². The minimum Gasteiger partial charge on any atom is -0.790 e. The Kier molecular flexibility index (Phi) is 6.25. The molecule has 3 aromatic carbocycles. The second-order valence-electron chi connectivity index (χ2n) is 6.71. The summed E-state index contributed by atoms with van der Waals surface area (Å²) in [6.07, 6.45) is 0.935. The first kappa shape index (κ1) is 19.5. The zero-order chi connectivity index (χ0) is 19.2. The van der Waals surface area contributed by atoms with Crippen LogP contribution in [0.25, 0.3) is 0 Å². The first-order chi connectivity index (χ1) is 12.9. The van der Waals surface area contributed by atoms with E-state index in [0.29, 0.717) is 19.3 Å². The lowest BCUT2D eigenvalue weighted by Crippen LogP contribution is -2.42. The predicted octanol–water partition coefficient (Wildman–Crippen LogP) is 3.30. The first-order valence-electron chi connectivity index (χ1n) is 8.79. The van der Waals surface area contributed by atoms with Crippen molar-refractivity contribution in [1.82, 2.24) is 0 Å². The Morgan fingerprint density at radius 3 is 1.19 bits per heavy atom. The highest BCUT2D eigenvalue weighted by molar-refractivity contribution is 7.43. The van der Waals surface area contributed by atoms with E-state index < -0.39 is 13.4 Å². The maximum atomic E-state index is 11.7. The summed E-state index contributed by atoms with van der Waals surface area (Å²) in [7, 11) is -5.20. The van der Waals surface area contributed by atoms with Crippen molar-refractivity contribution >= 4 is 7.82 Å². The van der Waals surface area contributed by atoms with Crippen molar-refractivity contribution in [3.05, 3.63) is 108 Å². The number of hydrogen-bond acceptors (Lipinski definition) is 4. The van der Waals surface area contributed by atoms with E-state index in [1.54, 1.807) is 0 Å². The number of phosphoric ester groups is 1. The number of benzene rings is 3. The van der Waals surface area contributed by atoms with Crippen molar-refractivity contribution in [2.45, 2.75) is 24.9 Å². The van der Waals surface area contributed by atoms with E-state index in [-0.39, 0.29) is 0 Å². The van der Waals surface area contributed by atoms with Gasteiger partial charge in [-0.15, -0.1) is 0 Å². The van der Waals surface area contributed by atoms with Gasteiger partial charge in [-0.05, 0) is 16.7 Å². The quantitative estimate of drug-likeness (QED) is 0.562. The molecule has 0 saturated heterocycles. The Bertz CT molecular complexity index is 775. The molecule has 3 aromatic rings. The molecule has 0 atom stereocenters. The van der Waals surface area contributed by atoms with Gasteiger partial charge in [-0.25, -0.2) is 0 Å². The summed E-state index contributed by atoms with van der Waals surface area (Å²) in [5, 5.41) is 0. The van der Waals surface area contributed by atoms with Crippen molar-refractivity contribution in [1.29, 1.82) is 0 Å². The monoisotopic (exact) mass is 380 g/mol. The fourth-order valence-electron chi connectivity index (χ4n) is 3.43. The Labute approximate surface area is 159 Å². The van der Waals surface area contributed by atoms with Gasteiger partial charge >= 0.3 is 0 Å². The summed E-state index contributed by atoms with van der Waals surface area (Å²) in [6, 6.07) is 28.5. The van der Waals surface area contributed by atoms with Crippen LogP contribution in [0.3, 0.4) is 0 Å². The van der Waals surface area contributed by atoms with E-state index in [2.05, 4.69) is 0 Å². The molecule has 0 fully saturated rings. The summed E-state index contributed by atoms with van der Waals surface area (Å²) < 4.78 is 16.9. The maximum Gasteiger partial charge on any atom is 0.0854 e. The van der Waals surface area contributed by atoms with E-state index in [1.807, 2.05) is 91.0 Å². The highest BCUT2D eigenvalue weighted by Crippen LogP contribution is 2.39. The number of phosphoric acid groups is 1. The van der Waals surface area contributed by atoms with Crippen molar-refractivity contribution < 1.29 is 18.9 Å². The average molecular weight is 380 g/mol. The van der Waals surface area contributed by atoms with Gasteiger partial charge in [0, 0.05) is 19.3 Å². The van der Waals surface area contributed by atoms with E-state index in [9.17, 15) is 14.4 Å². The van der Waals surface area contributed by atoms with Gasteiger partial charge < -0.3 is 18.9 Å². The molecule has 0 aliphatic heterocycles. The lowest BCUT2D eigenvalue weighted by Gasteiger charge is -2.43. The van der Waals surface area contributed by atoms with Crippen LogP contribution < -0.4 is 9.79 Å². The summed E-state index contributed by atoms with van der Waals surface area (Å²) in [6.45, 7) is 0. The van der Waals surface area contributed by atoms with E-state index in [0.717, 1.165) is 16.7 Å². The number of rotatable bonds is 8. The minimum atomic E-state index is -5.20. The molecule has 0 N–H and O–H groups in total. The summed E-state index contributed by atoms with van der Waals surface area (Å²) in [5.74, 6) is 0. The molecule has 4 nitrogen and oxygen atoms in total.